The maximum Gasteiger partial charge on any atom is 0.254 e. The molecule has 1 atom stereocenters. The molecular formula is C26H32F2N2O3. The molecule has 0 aromatic heterocycles. The SMILES string of the molecule is CCOc1cc(OCC)cc(C(=O)N(C/C(C)=C/c2ccc(F)cc2F)CC2CCCN2)c1. The Morgan fingerprint density at radius 1 is 1.12 bits per heavy atom. The molecule has 1 unspecified atom stereocenters. The van der Waals surface area contributed by atoms with Crippen molar-refractivity contribution in [3.05, 3.63) is 64.7 Å². The fourth-order valence-corrected chi connectivity index (χ4v) is 4.01. The van der Waals surface area contributed by atoms with Gasteiger partial charge in [-0.3, -0.25) is 4.79 Å². The number of hydrogen-bond donors (Lipinski definition) is 1. The fraction of sp³-hybridized carbons (Fsp3) is 0.423. The first-order valence-corrected chi connectivity index (χ1v) is 11.4. The first kappa shape index (κ1) is 24.7. The van der Waals surface area contributed by atoms with E-state index in [9.17, 15) is 13.6 Å². The monoisotopic (exact) mass is 458 g/mol. The van der Waals surface area contributed by atoms with Crippen LogP contribution in [-0.4, -0.2) is 49.7 Å². The van der Waals surface area contributed by atoms with Crippen LogP contribution in [0.1, 0.15) is 49.5 Å². The van der Waals surface area contributed by atoms with E-state index in [1.807, 2.05) is 20.8 Å². The molecule has 3 rings (SSSR count). The molecule has 1 amide bonds. The van der Waals surface area contributed by atoms with Gasteiger partial charge in [-0.2, -0.15) is 0 Å². The Kier molecular flexibility index (Phi) is 8.83. The lowest BCUT2D eigenvalue weighted by atomic mass is 10.1. The molecule has 0 radical (unpaired) electrons. The van der Waals surface area contributed by atoms with Gasteiger partial charge in [-0.05, 0) is 64.4 Å². The van der Waals surface area contributed by atoms with Crippen LogP contribution in [0.2, 0.25) is 0 Å². The number of hydrogen-bond acceptors (Lipinski definition) is 4. The summed E-state index contributed by atoms with van der Waals surface area (Å²) in [5.74, 6) is -0.252. The summed E-state index contributed by atoms with van der Waals surface area (Å²) in [5.41, 5.74) is 1.55. The highest BCUT2D eigenvalue weighted by Crippen LogP contribution is 2.25. The van der Waals surface area contributed by atoms with Gasteiger partial charge < -0.3 is 19.7 Å². The first-order chi connectivity index (χ1) is 15.9. The van der Waals surface area contributed by atoms with E-state index in [2.05, 4.69) is 5.32 Å². The highest BCUT2D eigenvalue weighted by atomic mass is 19.1. The Hall–Kier alpha value is -2.93. The van der Waals surface area contributed by atoms with Crippen molar-refractivity contribution in [2.24, 2.45) is 0 Å². The molecule has 0 bridgehead atoms. The van der Waals surface area contributed by atoms with Gasteiger partial charge in [0.1, 0.15) is 23.1 Å². The normalized spacial score (nSPS) is 16.0. The van der Waals surface area contributed by atoms with E-state index in [4.69, 9.17) is 9.47 Å². The maximum absolute atomic E-state index is 14.1. The highest BCUT2D eigenvalue weighted by molar-refractivity contribution is 5.95. The van der Waals surface area contributed by atoms with Crippen LogP contribution >= 0.6 is 0 Å². The van der Waals surface area contributed by atoms with Crippen molar-refractivity contribution >= 4 is 12.0 Å². The largest absolute Gasteiger partial charge is 0.494 e. The molecule has 7 heteroatoms. The molecule has 1 aliphatic rings. The Morgan fingerprint density at radius 2 is 1.82 bits per heavy atom. The molecule has 2 aromatic carbocycles. The molecule has 33 heavy (non-hydrogen) atoms. The number of rotatable bonds is 10. The zero-order valence-corrected chi connectivity index (χ0v) is 19.5. The molecule has 0 saturated carbocycles. The lowest BCUT2D eigenvalue weighted by Gasteiger charge is -2.27. The third-order valence-corrected chi connectivity index (χ3v) is 5.44. The average molecular weight is 459 g/mol. The van der Waals surface area contributed by atoms with E-state index in [0.29, 0.717) is 43.4 Å². The van der Waals surface area contributed by atoms with Gasteiger partial charge in [0.25, 0.3) is 5.91 Å². The van der Waals surface area contributed by atoms with Gasteiger partial charge >= 0.3 is 0 Å². The van der Waals surface area contributed by atoms with Crippen LogP contribution in [0.5, 0.6) is 11.5 Å². The van der Waals surface area contributed by atoms with Crippen molar-refractivity contribution in [1.82, 2.24) is 10.2 Å². The van der Waals surface area contributed by atoms with Crippen LogP contribution < -0.4 is 14.8 Å². The van der Waals surface area contributed by atoms with E-state index in [1.54, 1.807) is 29.2 Å². The van der Waals surface area contributed by atoms with Gasteiger partial charge in [-0.1, -0.05) is 11.6 Å². The quantitative estimate of drug-likeness (QED) is 0.541. The Labute approximate surface area is 194 Å². The summed E-state index contributed by atoms with van der Waals surface area (Å²) in [7, 11) is 0. The average Bonchev–Trinajstić information content (AvgIpc) is 3.28. The Balaban J connectivity index is 1.88. The van der Waals surface area contributed by atoms with Crippen LogP contribution in [-0.2, 0) is 0 Å². The molecule has 0 spiro atoms. The predicted molar refractivity (Wildman–Crippen MR) is 126 cm³/mol. The third-order valence-electron chi connectivity index (χ3n) is 5.44. The van der Waals surface area contributed by atoms with Crippen LogP contribution in [0, 0.1) is 11.6 Å². The van der Waals surface area contributed by atoms with Crippen LogP contribution in [0.3, 0.4) is 0 Å². The summed E-state index contributed by atoms with van der Waals surface area (Å²) >= 11 is 0. The topological polar surface area (TPSA) is 50.8 Å². The van der Waals surface area contributed by atoms with E-state index in [-0.39, 0.29) is 17.5 Å². The van der Waals surface area contributed by atoms with Crippen molar-refractivity contribution in [3.63, 3.8) is 0 Å². The van der Waals surface area contributed by atoms with Crippen LogP contribution in [0.25, 0.3) is 6.08 Å². The number of nitrogens with one attached hydrogen (secondary N) is 1. The van der Waals surface area contributed by atoms with Gasteiger partial charge in [0.05, 0.1) is 13.2 Å². The second-order valence-corrected chi connectivity index (χ2v) is 8.19. The van der Waals surface area contributed by atoms with Gasteiger partial charge in [-0.25, -0.2) is 8.78 Å². The summed E-state index contributed by atoms with van der Waals surface area (Å²) < 4.78 is 38.6. The van der Waals surface area contributed by atoms with Crippen molar-refractivity contribution in [1.29, 1.82) is 0 Å². The lowest BCUT2D eigenvalue weighted by Crippen LogP contribution is -2.42. The first-order valence-electron chi connectivity index (χ1n) is 11.4. The third kappa shape index (κ3) is 7.02. The van der Waals surface area contributed by atoms with Crippen molar-refractivity contribution in [2.45, 2.75) is 39.7 Å². The zero-order valence-electron chi connectivity index (χ0n) is 19.5. The number of amides is 1. The molecular weight excluding hydrogens is 426 g/mol. The smallest absolute Gasteiger partial charge is 0.254 e. The van der Waals surface area contributed by atoms with E-state index >= 15 is 0 Å². The highest BCUT2D eigenvalue weighted by Gasteiger charge is 2.24. The summed E-state index contributed by atoms with van der Waals surface area (Å²) in [6.07, 6.45) is 3.71. The van der Waals surface area contributed by atoms with Crippen LogP contribution in [0.4, 0.5) is 8.78 Å². The van der Waals surface area contributed by atoms with Crippen molar-refractivity contribution in [3.8, 4) is 11.5 Å². The minimum absolute atomic E-state index is 0.154. The zero-order chi connectivity index (χ0) is 23.8. The number of nitrogens with zero attached hydrogens (tertiary/aromatic N) is 1. The summed E-state index contributed by atoms with van der Waals surface area (Å²) in [5, 5.41) is 3.43. The predicted octanol–water partition coefficient (Wildman–Crippen LogP) is 5.06. The molecule has 2 aromatic rings. The second kappa shape index (κ2) is 11.8. The second-order valence-electron chi connectivity index (χ2n) is 8.19. The van der Waals surface area contributed by atoms with E-state index in [1.165, 1.54) is 12.1 Å². The molecule has 1 aliphatic heterocycles. The summed E-state index contributed by atoms with van der Waals surface area (Å²) in [6, 6.07) is 8.91. The molecule has 5 nitrogen and oxygen atoms in total. The fourth-order valence-electron chi connectivity index (χ4n) is 4.01. The van der Waals surface area contributed by atoms with Gasteiger partial charge in [0.15, 0.2) is 0 Å². The van der Waals surface area contributed by atoms with Gasteiger partial charge in [0.2, 0.25) is 0 Å². The summed E-state index contributed by atoms with van der Waals surface area (Å²) in [6.45, 7) is 8.33. The molecule has 1 heterocycles. The van der Waals surface area contributed by atoms with Gasteiger partial charge in [-0.15, -0.1) is 0 Å². The molecule has 178 valence electrons. The molecule has 1 fully saturated rings. The Morgan fingerprint density at radius 3 is 2.39 bits per heavy atom. The summed E-state index contributed by atoms with van der Waals surface area (Å²) in [4.78, 5) is 15.3. The molecule has 1 saturated heterocycles. The van der Waals surface area contributed by atoms with E-state index < -0.39 is 11.6 Å². The van der Waals surface area contributed by atoms with Crippen molar-refractivity contribution < 1.29 is 23.0 Å². The standard InChI is InChI=1S/C26H32F2N2O3/c1-4-32-23-12-20(13-24(15-23)33-5-2)26(31)30(17-22-7-6-10-29-22)16-18(3)11-19-8-9-21(27)14-25(19)28/h8-9,11-15,22,29H,4-7,10,16-17H2,1-3H3/b18-11+. The minimum Gasteiger partial charge on any atom is -0.494 e. The van der Waals surface area contributed by atoms with Crippen LogP contribution in [0.15, 0.2) is 42.0 Å². The van der Waals surface area contributed by atoms with Gasteiger partial charge in [0, 0.05) is 42.4 Å². The Bertz CT molecular complexity index is 963. The maximum atomic E-state index is 14.1. The number of halogens is 2. The van der Waals surface area contributed by atoms with E-state index in [0.717, 1.165) is 31.0 Å². The molecule has 0 aliphatic carbocycles. The lowest BCUT2D eigenvalue weighted by molar-refractivity contribution is 0.0756. The number of carbonyl (C=O) groups excluding carboxylic acids is 1. The number of benzene rings is 2. The minimum atomic E-state index is -0.629. The number of ether oxygens (including phenoxy) is 2. The molecule has 1 N–H and O–H groups in total. The number of carbonyl (C=O) groups is 1. The van der Waals surface area contributed by atoms with Crippen molar-refractivity contribution in [2.75, 3.05) is 32.8 Å².